The SMILES string of the molecule is COC[C@@H](C)NC(=O)CCc1c[nH]c2ccccc12. The number of H-pyrrole nitrogens is 1. The highest BCUT2D eigenvalue weighted by Crippen LogP contribution is 2.18. The Morgan fingerprint density at radius 2 is 2.21 bits per heavy atom. The van der Waals surface area contributed by atoms with E-state index in [0.29, 0.717) is 13.0 Å². The molecular formula is C15H20N2O2. The lowest BCUT2D eigenvalue weighted by molar-refractivity contribution is -0.122. The molecule has 0 saturated heterocycles. The van der Waals surface area contributed by atoms with E-state index in [-0.39, 0.29) is 11.9 Å². The first kappa shape index (κ1) is 13.6. The van der Waals surface area contributed by atoms with Crippen molar-refractivity contribution in [3.63, 3.8) is 0 Å². The first-order valence-corrected chi connectivity index (χ1v) is 6.54. The lowest BCUT2D eigenvalue weighted by atomic mass is 10.1. The molecule has 0 radical (unpaired) electrons. The van der Waals surface area contributed by atoms with Gasteiger partial charge in [0.15, 0.2) is 0 Å². The summed E-state index contributed by atoms with van der Waals surface area (Å²) in [4.78, 5) is 15.0. The van der Waals surface area contributed by atoms with Crippen molar-refractivity contribution in [1.82, 2.24) is 10.3 Å². The van der Waals surface area contributed by atoms with Crippen molar-refractivity contribution in [1.29, 1.82) is 0 Å². The van der Waals surface area contributed by atoms with Gasteiger partial charge in [-0.15, -0.1) is 0 Å². The van der Waals surface area contributed by atoms with Gasteiger partial charge in [0.05, 0.1) is 6.61 Å². The minimum Gasteiger partial charge on any atom is -0.383 e. The maximum Gasteiger partial charge on any atom is 0.220 e. The van der Waals surface area contributed by atoms with Crippen molar-refractivity contribution < 1.29 is 9.53 Å². The number of carbonyl (C=O) groups is 1. The van der Waals surface area contributed by atoms with Gasteiger partial charge in [-0.2, -0.15) is 0 Å². The van der Waals surface area contributed by atoms with Crippen LogP contribution in [0.2, 0.25) is 0 Å². The van der Waals surface area contributed by atoms with Gasteiger partial charge < -0.3 is 15.0 Å². The van der Waals surface area contributed by atoms with E-state index in [2.05, 4.69) is 16.4 Å². The highest BCUT2D eigenvalue weighted by molar-refractivity contribution is 5.84. The number of aromatic nitrogens is 1. The molecule has 0 aliphatic carbocycles. The molecule has 0 unspecified atom stereocenters. The van der Waals surface area contributed by atoms with E-state index in [4.69, 9.17) is 4.74 Å². The predicted molar refractivity (Wildman–Crippen MR) is 76.1 cm³/mol. The van der Waals surface area contributed by atoms with Gasteiger partial charge in [0.2, 0.25) is 5.91 Å². The highest BCUT2D eigenvalue weighted by Gasteiger charge is 2.09. The number of carbonyl (C=O) groups excluding carboxylic acids is 1. The fourth-order valence-electron chi connectivity index (χ4n) is 2.23. The van der Waals surface area contributed by atoms with Crippen molar-refractivity contribution >= 4 is 16.8 Å². The van der Waals surface area contributed by atoms with Crippen LogP contribution in [0.3, 0.4) is 0 Å². The lowest BCUT2D eigenvalue weighted by Crippen LogP contribution is -2.35. The molecule has 0 bridgehead atoms. The molecule has 0 saturated carbocycles. The van der Waals surface area contributed by atoms with Gasteiger partial charge in [-0.3, -0.25) is 4.79 Å². The van der Waals surface area contributed by atoms with E-state index in [9.17, 15) is 4.79 Å². The van der Waals surface area contributed by atoms with E-state index in [1.807, 2.05) is 31.3 Å². The molecule has 1 aromatic carbocycles. The van der Waals surface area contributed by atoms with Crippen molar-refractivity contribution in [3.8, 4) is 0 Å². The summed E-state index contributed by atoms with van der Waals surface area (Å²) in [5.41, 5.74) is 2.30. The van der Waals surface area contributed by atoms with Gasteiger partial charge in [-0.25, -0.2) is 0 Å². The molecular weight excluding hydrogens is 240 g/mol. The molecule has 1 heterocycles. The van der Waals surface area contributed by atoms with Crippen molar-refractivity contribution in [2.24, 2.45) is 0 Å². The summed E-state index contributed by atoms with van der Waals surface area (Å²) in [6.07, 6.45) is 3.22. The first-order chi connectivity index (χ1) is 9.20. The van der Waals surface area contributed by atoms with E-state index in [0.717, 1.165) is 11.9 Å². The Bertz CT molecular complexity index is 548. The number of aromatic amines is 1. The summed E-state index contributed by atoms with van der Waals surface area (Å²) >= 11 is 0. The zero-order chi connectivity index (χ0) is 13.7. The van der Waals surface area contributed by atoms with Crippen molar-refractivity contribution in [2.45, 2.75) is 25.8 Å². The molecule has 4 nitrogen and oxygen atoms in total. The number of benzene rings is 1. The van der Waals surface area contributed by atoms with Gasteiger partial charge in [-0.05, 0) is 25.0 Å². The normalized spacial score (nSPS) is 12.5. The van der Waals surface area contributed by atoms with Crippen LogP contribution in [0.25, 0.3) is 10.9 Å². The van der Waals surface area contributed by atoms with E-state index < -0.39 is 0 Å². The number of methoxy groups -OCH3 is 1. The molecule has 0 spiro atoms. The summed E-state index contributed by atoms with van der Waals surface area (Å²) in [6, 6.07) is 8.19. The van der Waals surface area contributed by atoms with Crippen LogP contribution in [0.1, 0.15) is 18.9 Å². The molecule has 2 aromatic rings. The molecule has 0 aliphatic heterocycles. The van der Waals surface area contributed by atoms with Crippen LogP contribution in [-0.4, -0.2) is 30.6 Å². The second kappa shape index (κ2) is 6.38. The fourth-order valence-corrected chi connectivity index (χ4v) is 2.23. The lowest BCUT2D eigenvalue weighted by Gasteiger charge is -2.12. The van der Waals surface area contributed by atoms with Crippen molar-refractivity contribution in [3.05, 3.63) is 36.0 Å². The monoisotopic (exact) mass is 260 g/mol. The van der Waals surface area contributed by atoms with Crippen LogP contribution in [0, 0.1) is 0 Å². The van der Waals surface area contributed by atoms with E-state index >= 15 is 0 Å². The molecule has 19 heavy (non-hydrogen) atoms. The van der Waals surface area contributed by atoms with Gasteiger partial charge in [-0.1, -0.05) is 18.2 Å². The maximum absolute atomic E-state index is 11.8. The number of nitrogens with one attached hydrogen (secondary N) is 2. The van der Waals surface area contributed by atoms with Crippen LogP contribution < -0.4 is 5.32 Å². The molecule has 4 heteroatoms. The second-order valence-corrected chi connectivity index (χ2v) is 4.78. The maximum atomic E-state index is 11.8. The Morgan fingerprint density at radius 1 is 1.42 bits per heavy atom. The molecule has 1 aromatic heterocycles. The largest absolute Gasteiger partial charge is 0.383 e. The topological polar surface area (TPSA) is 54.1 Å². The molecule has 0 fully saturated rings. The minimum absolute atomic E-state index is 0.0560. The molecule has 1 amide bonds. The third kappa shape index (κ3) is 3.58. The number of aryl methyl sites for hydroxylation is 1. The zero-order valence-electron chi connectivity index (χ0n) is 11.4. The van der Waals surface area contributed by atoms with E-state index in [1.165, 1.54) is 10.9 Å². The zero-order valence-corrected chi connectivity index (χ0v) is 11.4. The van der Waals surface area contributed by atoms with Crippen LogP contribution in [0.15, 0.2) is 30.5 Å². The number of amides is 1. The molecule has 0 aliphatic rings. The number of hydrogen-bond donors (Lipinski definition) is 2. The summed E-state index contributed by atoms with van der Waals surface area (Å²) in [5.74, 6) is 0.0647. The Morgan fingerprint density at radius 3 is 3.00 bits per heavy atom. The molecule has 102 valence electrons. The summed E-state index contributed by atoms with van der Waals surface area (Å²) in [5, 5.41) is 4.11. The molecule has 2 rings (SSSR count). The Hall–Kier alpha value is -1.81. The van der Waals surface area contributed by atoms with Crippen LogP contribution in [0.4, 0.5) is 0 Å². The summed E-state index contributed by atoms with van der Waals surface area (Å²) in [7, 11) is 1.63. The van der Waals surface area contributed by atoms with Gasteiger partial charge in [0.1, 0.15) is 0 Å². The average Bonchev–Trinajstić information content (AvgIpc) is 2.80. The number of ether oxygens (including phenoxy) is 1. The van der Waals surface area contributed by atoms with E-state index in [1.54, 1.807) is 7.11 Å². The number of rotatable bonds is 6. The van der Waals surface area contributed by atoms with Gasteiger partial charge >= 0.3 is 0 Å². The van der Waals surface area contributed by atoms with Gasteiger partial charge in [0.25, 0.3) is 0 Å². The Balaban J connectivity index is 1.90. The highest BCUT2D eigenvalue weighted by atomic mass is 16.5. The third-order valence-corrected chi connectivity index (χ3v) is 3.12. The van der Waals surface area contributed by atoms with Crippen LogP contribution in [-0.2, 0) is 16.0 Å². The van der Waals surface area contributed by atoms with Crippen LogP contribution in [0.5, 0.6) is 0 Å². The average molecular weight is 260 g/mol. The number of hydrogen-bond acceptors (Lipinski definition) is 2. The molecule has 1 atom stereocenters. The smallest absolute Gasteiger partial charge is 0.220 e. The van der Waals surface area contributed by atoms with Gasteiger partial charge in [0, 0.05) is 36.7 Å². The standard InChI is InChI=1S/C15H20N2O2/c1-11(10-19-2)17-15(18)8-7-12-9-16-14-6-4-3-5-13(12)14/h3-6,9,11,16H,7-8,10H2,1-2H3,(H,17,18)/t11-/m1/s1. The minimum atomic E-state index is 0.0560. The van der Waals surface area contributed by atoms with Crippen molar-refractivity contribution in [2.75, 3.05) is 13.7 Å². The number of fused-ring (bicyclic) bond motifs is 1. The quantitative estimate of drug-likeness (QED) is 0.837. The summed E-state index contributed by atoms with van der Waals surface area (Å²) < 4.78 is 4.99. The van der Waals surface area contributed by atoms with Crippen LogP contribution >= 0.6 is 0 Å². The Kier molecular flexibility index (Phi) is 4.58. The first-order valence-electron chi connectivity index (χ1n) is 6.54. The predicted octanol–water partition coefficient (Wildman–Crippen LogP) is 2.25. The molecule has 2 N–H and O–H groups in total. The Labute approximate surface area is 113 Å². The second-order valence-electron chi connectivity index (χ2n) is 4.78. The number of para-hydroxylation sites is 1. The summed E-state index contributed by atoms with van der Waals surface area (Å²) in [6.45, 7) is 2.48. The third-order valence-electron chi connectivity index (χ3n) is 3.12. The fraction of sp³-hybridized carbons (Fsp3) is 0.400.